The second kappa shape index (κ2) is 10.1. The van der Waals surface area contributed by atoms with E-state index >= 15 is 0 Å². The maximum Gasteiger partial charge on any atom is 0.268 e. The van der Waals surface area contributed by atoms with Gasteiger partial charge in [-0.2, -0.15) is 0 Å². The number of ether oxygens (including phenoxy) is 2. The number of para-hydroxylation sites is 1. The fourth-order valence-electron chi connectivity index (χ4n) is 4.15. The topological polar surface area (TPSA) is 82.5 Å². The van der Waals surface area contributed by atoms with E-state index in [0.29, 0.717) is 51.5 Å². The van der Waals surface area contributed by atoms with Crippen molar-refractivity contribution in [1.29, 1.82) is 0 Å². The van der Waals surface area contributed by atoms with E-state index in [1.807, 2.05) is 66.0 Å². The van der Waals surface area contributed by atoms with Crippen LogP contribution in [-0.2, 0) is 4.79 Å². The number of carbonyl (C=O) groups excluding carboxylic acids is 1. The highest BCUT2D eigenvalue weighted by Gasteiger charge is 2.20. The lowest BCUT2D eigenvalue weighted by molar-refractivity contribution is -0.113. The maximum atomic E-state index is 13.9. The minimum absolute atomic E-state index is 0.0795. The third-order valence-electron chi connectivity index (χ3n) is 5.83. The molecule has 37 heavy (non-hydrogen) atoms. The van der Waals surface area contributed by atoms with Gasteiger partial charge in [-0.25, -0.2) is 4.98 Å². The number of thioether (sulfide) groups is 1. The number of fused-ring (bicyclic) bond motifs is 2. The molecule has 0 bridgehead atoms. The molecule has 3 heterocycles. The van der Waals surface area contributed by atoms with E-state index in [1.165, 1.54) is 23.1 Å². The summed E-state index contributed by atoms with van der Waals surface area (Å²) in [5.41, 5.74) is 2.97. The predicted octanol–water partition coefficient (Wildman–Crippen LogP) is 5.62. The molecule has 9 heteroatoms. The molecular weight excluding hydrogens is 506 g/mol. The zero-order chi connectivity index (χ0) is 25.2. The van der Waals surface area contributed by atoms with Crippen molar-refractivity contribution in [2.45, 2.75) is 5.16 Å². The van der Waals surface area contributed by atoms with Gasteiger partial charge in [0.05, 0.1) is 16.8 Å². The first-order valence-electron chi connectivity index (χ1n) is 11.6. The first-order chi connectivity index (χ1) is 18.2. The molecule has 1 aliphatic heterocycles. The van der Waals surface area contributed by atoms with Crippen LogP contribution in [0.1, 0.15) is 0 Å². The Balaban J connectivity index is 1.32. The first kappa shape index (κ1) is 23.3. The number of rotatable bonds is 6. The van der Waals surface area contributed by atoms with Crippen LogP contribution < -0.4 is 20.3 Å². The third kappa shape index (κ3) is 4.71. The van der Waals surface area contributed by atoms with Gasteiger partial charge in [0.2, 0.25) is 5.91 Å². The average molecular weight is 528 g/mol. The minimum atomic E-state index is -0.216. The molecule has 1 N–H and O–H groups in total. The molecule has 0 radical (unpaired) electrons. The number of amides is 1. The first-order valence-corrected chi connectivity index (χ1v) is 13.5. The Hall–Kier alpha value is -4.08. The normalized spacial score (nSPS) is 12.4. The second-order valence-corrected chi connectivity index (χ2v) is 10.1. The van der Waals surface area contributed by atoms with Crippen LogP contribution >= 0.6 is 23.1 Å². The molecule has 6 rings (SSSR count). The summed E-state index contributed by atoms with van der Waals surface area (Å²) < 4.78 is 12.7. The van der Waals surface area contributed by atoms with Crippen molar-refractivity contribution in [2.75, 3.05) is 24.3 Å². The number of hydrogen-bond acceptors (Lipinski definition) is 7. The molecule has 184 valence electrons. The van der Waals surface area contributed by atoms with Gasteiger partial charge in [-0.05, 0) is 29.8 Å². The Labute approximate surface area is 220 Å². The van der Waals surface area contributed by atoms with Crippen molar-refractivity contribution in [3.8, 4) is 28.3 Å². The molecular formula is C28H21N3O4S2. The second-order valence-electron chi connectivity index (χ2n) is 8.26. The van der Waals surface area contributed by atoms with E-state index in [1.54, 1.807) is 22.8 Å². The SMILES string of the molecule is O=C(CSc1nc2scc(-c3ccccc3)c2c(=O)n1-c1ccccc1)Nc1ccc2c(c1)OCCO2. The van der Waals surface area contributed by atoms with Gasteiger partial charge in [-0.1, -0.05) is 60.3 Å². The summed E-state index contributed by atoms with van der Waals surface area (Å²) in [6.45, 7) is 0.979. The summed E-state index contributed by atoms with van der Waals surface area (Å²) >= 11 is 2.65. The van der Waals surface area contributed by atoms with E-state index in [0.717, 1.165) is 11.1 Å². The van der Waals surface area contributed by atoms with Gasteiger partial charge in [0, 0.05) is 22.7 Å². The fraction of sp³-hybridized carbons (Fsp3) is 0.107. The molecule has 3 aromatic carbocycles. The number of hydrogen-bond donors (Lipinski definition) is 1. The molecule has 0 spiro atoms. The largest absolute Gasteiger partial charge is 0.486 e. The zero-order valence-electron chi connectivity index (χ0n) is 19.5. The van der Waals surface area contributed by atoms with Gasteiger partial charge in [0.25, 0.3) is 5.56 Å². The van der Waals surface area contributed by atoms with Crippen LogP contribution in [0.5, 0.6) is 11.5 Å². The Kier molecular flexibility index (Phi) is 6.38. The average Bonchev–Trinajstić information content (AvgIpc) is 3.37. The van der Waals surface area contributed by atoms with E-state index in [-0.39, 0.29) is 17.2 Å². The highest BCUT2D eigenvalue weighted by atomic mass is 32.2. The quantitative estimate of drug-likeness (QED) is 0.228. The van der Waals surface area contributed by atoms with Gasteiger partial charge in [-0.3, -0.25) is 14.2 Å². The summed E-state index contributed by atoms with van der Waals surface area (Å²) in [4.78, 5) is 32.2. The third-order valence-corrected chi connectivity index (χ3v) is 7.65. The monoisotopic (exact) mass is 527 g/mol. The smallest absolute Gasteiger partial charge is 0.268 e. The van der Waals surface area contributed by atoms with E-state index in [4.69, 9.17) is 14.5 Å². The summed E-state index contributed by atoms with van der Waals surface area (Å²) in [5, 5.41) is 5.89. The molecule has 1 aliphatic rings. The lowest BCUT2D eigenvalue weighted by Gasteiger charge is -2.19. The summed E-state index contributed by atoms with van der Waals surface area (Å²) in [6.07, 6.45) is 0. The lowest BCUT2D eigenvalue weighted by Crippen LogP contribution is -2.22. The number of nitrogens with one attached hydrogen (secondary N) is 1. The van der Waals surface area contributed by atoms with Gasteiger partial charge >= 0.3 is 0 Å². The molecule has 0 unspecified atom stereocenters. The van der Waals surface area contributed by atoms with Gasteiger partial charge in [0.15, 0.2) is 16.7 Å². The molecule has 2 aromatic heterocycles. The van der Waals surface area contributed by atoms with Crippen molar-refractivity contribution >= 4 is 44.9 Å². The van der Waals surface area contributed by atoms with Crippen LogP contribution in [0.25, 0.3) is 27.0 Å². The van der Waals surface area contributed by atoms with Crippen LogP contribution in [0, 0.1) is 0 Å². The predicted molar refractivity (Wildman–Crippen MR) is 147 cm³/mol. The Morgan fingerprint density at radius 2 is 1.70 bits per heavy atom. The van der Waals surface area contributed by atoms with Gasteiger partial charge in [0.1, 0.15) is 18.0 Å². The summed E-state index contributed by atoms with van der Waals surface area (Å²) in [6, 6.07) is 24.5. The Morgan fingerprint density at radius 1 is 0.973 bits per heavy atom. The Morgan fingerprint density at radius 3 is 2.49 bits per heavy atom. The van der Waals surface area contributed by atoms with E-state index in [9.17, 15) is 9.59 Å². The highest BCUT2D eigenvalue weighted by molar-refractivity contribution is 7.99. The zero-order valence-corrected chi connectivity index (χ0v) is 21.2. The number of benzene rings is 3. The molecule has 0 saturated carbocycles. The van der Waals surface area contributed by atoms with E-state index < -0.39 is 0 Å². The van der Waals surface area contributed by atoms with Crippen molar-refractivity contribution in [3.05, 3.63) is 94.6 Å². The van der Waals surface area contributed by atoms with Gasteiger partial charge in [-0.15, -0.1) is 11.3 Å². The van der Waals surface area contributed by atoms with Crippen molar-refractivity contribution in [3.63, 3.8) is 0 Å². The molecule has 0 saturated heterocycles. The molecule has 7 nitrogen and oxygen atoms in total. The summed E-state index contributed by atoms with van der Waals surface area (Å²) in [5.74, 6) is 1.13. The fourth-order valence-corrected chi connectivity index (χ4v) is 5.95. The van der Waals surface area contributed by atoms with Crippen molar-refractivity contribution in [2.24, 2.45) is 0 Å². The number of nitrogens with zero attached hydrogens (tertiary/aromatic N) is 2. The van der Waals surface area contributed by atoms with E-state index in [2.05, 4.69) is 5.32 Å². The molecule has 5 aromatic rings. The molecule has 0 fully saturated rings. The van der Waals surface area contributed by atoms with Crippen molar-refractivity contribution < 1.29 is 14.3 Å². The molecule has 1 amide bonds. The molecule has 0 aliphatic carbocycles. The lowest BCUT2D eigenvalue weighted by atomic mass is 10.1. The number of aromatic nitrogens is 2. The van der Waals surface area contributed by atoms with Crippen LogP contribution in [-0.4, -0.2) is 34.4 Å². The summed E-state index contributed by atoms with van der Waals surface area (Å²) in [7, 11) is 0. The van der Waals surface area contributed by atoms with Crippen LogP contribution in [0.3, 0.4) is 0 Å². The van der Waals surface area contributed by atoms with Crippen LogP contribution in [0.15, 0.2) is 94.2 Å². The minimum Gasteiger partial charge on any atom is -0.486 e. The number of anilines is 1. The number of thiophene rings is 1. The standard InChI is InChI=1S/C28H21N3O4S2/c32-24(29-19-11-12-22-23(15-19)35-14-13-34-22)17-37-28-30-26-25(21(16-36-26)18-7-3-1-4-8-18)27(33)31(28)20-9-5-2-6-10-20/h1-12,15-16H,13-14,17H2,(H,29,32). The van der Waals surface area contributed by atoms with Crippen LogP contribution in [0.2, 0.25) is 0 Å². The molecule has 0 atom stereocenters. The van der Waals surface area contributed by atoms with Crippen LogP contribution in [0.4, 0.5) is 5.69 Å². The Bertz CT molecular complexity index is 1650. The maximum absolute atomic E-state index is 13.9. The number of carbonyl (C=O) groups is 1. The van der Waals surface area contributed by atoms with Crippen molar-refractivity contribution in [1.82, 2.24) is 9.55 Å². The highest BCUT2D eigenvalue weighted by Crippen LogP contribution is 2.34. The van der Waals surface area contributed by atoms with Gasteiger partial charge < -0.3 is 14.8 Å².